The van der Waals surface area contributed by atoms with Crippen molar-refractivity contribution >= 4 is 0 Å². The average Bonchev–Trinajstić information content (AvgIpc) is 2.30. The normalized spacial score (nSPS) is 19.9. The van der Waals surface area contributed by atoms with Crippen LogP contribution in [-0.2, 0) is 11.3 Å². The van der Waals surface area contributed by atoms with E-state index >= 15 is 0 Å². The summed E-state index contributed by atoms with van der Waals surface area (Å²) in [6.07, 6.45) is 5.66. The summed E-state index contributed by atoms with van der Waals surface area (Å²) in [4.78, 5) is 0. The molecule has 2 heteroatoms. The van der Waals surface area contributed by atoms with Gasteiger partial charge in [0.2, 0.25) is 0 Å². The summed E-state index contributed by atoms with van der Waals surface area (Å²) in [5, 5.41) is 0. The minimum absolute atomic E-state index is 0.0420. The Balaban J connectivity index is 1.86. The number of halogens is 1. The maximum absolute atomic E-state index is 12.7. The van der Waals surface area contributed by atoms with Crippen LogP contribution in [0.25, 0.3) is 0 Å². The van der Waals surface area contributed by atoms with Gasteiger partial charge in [0.05, 0.1) is 6.61 Å². The van der Waals surface area contributed by atoms with Crippen molar-refractivity contribution in [3.05, 3.63) is 35.6 Å². The SMILES string of the molecule is [18F]c1ccc(COC2C#CCCCCC2)cc1. The van der Waals surface area contributed by atoms with Crippen molar-refractivity contribution in [2.45, 2.75) is 44.8 Å². The fourth-order valence-corrected chi connectivity index (χ4v) is 1.88. The molecular weight excluding hydrogens is 214 g/mol. The lowest BCUT2D eigenvalue weighted by atomic mass is 10.1. The highest BCUT2D eigenvalue weighted by Gasteiger charge is 2.07. The van der Waals surface area contributed by atoms with Crippen molar-refractivity contribution in [1.29, 1.82) is 0 Å². The zero-order valence-electron chi connectivity index (χ0n) is 9.92. The van der Waals surface area contributed by atoms with E-state index in [0.29, 0.717) is 6.61 Å². The molecule has 1 aromatic rings. The second-order valence-corrected chi connectivity index (χ2v) is 4.35. The van der Waals surface area contributed by atoms with Gasteiger partial charge in [0.1, 0.15) is 11.9 Å². The van der Waals surface area contributed by atoms with Crippen molar-refractivity contribution in [2.24, 2.45) is 0 Å². The summed E-state index contributed by atoms with van der Waals surface area (Å²) in [6.45, 7) is 0.514. The molecular formula is C15H17FO. The number of ether oxygens (including phenoxy) is 1. The Morgan fingerprint density at radius 2 is 2.00 bits per heavy atom. The second-order valence-electron chi connectivity index (χ2n) is 4.35. The van der Waals surface area contributed by atoms with Crippen LogP contribution in [0.4, 0.5) is 4.39 Å². The molecule has 1 nitrogen and oxygen atoms in total. The van der Waals surface area contributed by atoms with Gasteiger partial charge in [0, 0.05) is 6.42 Å². The average molecular weight is 231 g/mol. The smallest absolute Gasteiger partial charge is 0.123 e. The van der Waals surface area contributed by atoms with E-state index in [4.69, 9.17) is 4.74 Å². The summed E-state index contributed by atoms with van der Waals surface area (Å²) in [5.41, 5.74) is 0.996. The molecule has 0 heterocycles. The van der Waals surface area contributed by atoms with Gasteiger partial charge in [-0.15, -0.1) is 5.92 Å². The fourth-order valence-electron chi connectivity index (χ4n) is 1.88. The van der Waals surface area contributed by atoms with Crippen LogP contribution in [-0.4, -0.2) is 6.10 Å². The third-order valence-electron chi connectivity index (χ3n) is 2.90. The van der Waals surface area contributed by atoms with Gasteiger partial charge in [-0.1, -0.05) is 24.5 Å². The van der Waals surface area contributed by atoms with Gasteiger partial charge in [0.25, 0.3) is 0 Å². The molecule has 1 aliphatic rings. The van der Waals surface area contributed by atoms with Crippen molar-refractivity contribution in [3.8, 4) is 11.8 Å². The molecule has 1 aromatic carbocycles. The molecule has 0 saturated heterocycles. The van der Waals surface area contributed by atoms with Crippen LogP contribution in [0.5, 0.6) is 0 Å². The topological polar surface area (TPSA) is 9.23 Å². The summed E-state index contributed by atoms with van der Waals surface area (Å²) >= 11 is 0. The highest BCUT2D eigenvalue weighted by Crippen LogP contribution is 2.13. The standard InChI is InChI=1S/C15H17FO/c16-14-10-8-13(9-11-14)12-17-15-6-4-2-1-3-5-7-15/h8-11,15H,1-4,6,12H2/i16-1. The largest absolute Gasteiger partial charge is 0.361 e. The van der Waals surface area contributed by atoms with Crippen LogP contribution >= 0.6 is 0 Å². The van der Waals surface area contributed by atoms with E-state index in [1.807, 2.05) is 0 Å². The Morgan fingerprint density at radius 3 is 2.82 bits per heavy atom. The van der Waals surface area contributed by atoms with Gasteiger partial charge in [-0.25, -0.2) is 4.39 Å². The molecule has 0 N–H and O–H groups in total. The van der Waals surface area contributed by atoms with E-state index in [1.54, 1.807) is 12.1 Å². The van der Waals surface area contributed by atoms with Crippen LogP contribution in [0.1, 0.15) is 37.7 Å². The summed E-state index contributed by atoms with van der Waals surface area (Å²) in [7, 11) is 0. The molecule has 1 unspecified atom stereocenters. The molecule has 17 heavy (non-hydrogen) atoms. The molecule has 0 fully saturated rings. The highest BCUT2D eigenvalue weighted by atomic mass is 18.2. The number of rotatable bonds is 3. The third kappa shape index (κ3) is 4.20. The van der Waals surface area contributed by atoms with Gasteiger partial charge in [-0.3, -0.25) is 0 Å². The second kappa shape index (κ2) is 6.42. The van der Waals surface area contributed by atoms with Crippen LogP contribution in [0.3, 0.4) is 0 Å². The lowest BCUT2D eigenvalue weighted by molar-refractivity contribution is 0.0704. The van der Waals surface area contributed by atoms with E-state index < -0.39 is 0 Å². The lowest BCUT2D eigenvalue weighted by Gasteiger charge is -2.13. The Labute approximate surface area is 102 Å². The van der Waals surface area contributed by atoms with Gasteiger partial charge < -0.3 is 4.74 Å². The maximum Gasteiger partial charge on any atom is 0.123 e. The van der Waals surface area contributed by atoms with E-state index in [1.165, 1.54) is 31.4 Å². The van der Waals surface area contributed by atoms with Gasteiger partial charge in [-0.05, 0) is 37.0 Å². The van der Waals surface area contributed by atoms with Crippen LogP contribution in [0, 0.1) is 17.7 Å². The van der Waals surface area contributed by atoms with Crippen molar-refractivity contribution in [2.75, 3.05) is 0 Å². The minimum atomic E-state index is -0.209. The van der Waals surface area contributed by atoms with E-state index in [0.717, 1.165) is 18.4 Å². The molecule has 1 aliphatic carbocycles. The number of hydrogen-bond donors (Lipinski definition) is 0. The first kappa shape index (κ1) is 12.1. The molecule has 1 atom stereocenters. The predicted molar refractivity (Wildman–Crippen MR) is 65.8 cm³/mol. The van der Waals surface area contributed by atoms with Gasteiger partial charge in [0.15, 0.2) is 0 Å². The molecule has 0 saturated carbocycles. The predicted octanol–water partition coefficient (Wildman–Crippen LogP) is 3.68. The monoisotopic (exact) mass is 231 g/mol. The molecule has 0 spiro atoms. The van der Waals surface area contributed by atoms with E-state index in [9.17, 15) is 4.39 Å². The van der Waals surface area contributed by atoms with Gasteiger partial charge in [-0.2, -0.15) is 0 Å². The van der Waals surface area contributed by atoms with Crippen molar-refractivity contribution in [1.82, 2.24) is 0 Å². The molecule has 0 aliphatic heterocycles. The maximum atomic E-state index is 12.7. The quantitative estimate of drug-likeness (QED) is 0.721. The molecule has 0 bridgehead atoms. The zero-order chi connectivity index (χ0) is 11.9. The molecule has 0 aromatic heterocycles. The number of hydrogen-bond acceptors (Lipinski definition) is 1. The van der Waals surface area contributed by atoms with Crippen LogP contribution in [0.2, 0.25) is 0 Å². The van der Waals surface area contributed by atoms with Crippen molar-refractivity contribution in [3.63, 3.8) is 0 Å². The molecule has 2 rings (SSSR count). The first-order chi connectivity index (χ1) is 8.34. The Kier molecular flexibility index (Phi) is 4.58. The van der Waals surface area contributed by atoms with E-state index in [-0.39, 0.29) is 11.9 Å². The Morgan fingerprint density at radius 1 is 1.18 bits per heavy atom. The van der Waals surface area contributed by atoms with Gasteiger partial charge >= 0.3 is 0 Å². The fraction of sp³-hybridized carbons (Fsp3) is 0.467. The third-order valence-corrected chi connectivity index (χ3v) is 2.90. The first-order valence-corrected chi connectivity index (χ1v) is 6.19. The molecule has 0 amide bonds. The molecule has 90 valence electrons. The lowest BCUT2D eigenvalue weighted by Crippen LogP contribution is -2.11. The van der Waals surface area contributed by atoms with Crippen LogP contribution < -0.4 is 0 Å². The summed E-state index contributed by atoms with van der Waals surface area (Å²) in [5.74, 6) is 6.10. The van der Waals surface area contributed by atoms with Crippen LogP contribution in [0.15, 0.2) is 24.3 Å². The number of benzene rings is 1. The molecule has 0 radical (unpaired) electrons. The highest BCUT2D eigenvalue weighted by molar-refractivity contribution is 5.15. The minimum Gasteiger partial charge on any atom is -0.361 e. The first-order valence-electron chi connectivity index (χ1n) is 6.19. The van der Waals surface area contributed by atoms with E-state index in [2.05, 4.69) is 11.8 Å². The summed E-state index contributed by atoms with van der Waals surface area (Å²) < 4.78 is 18.5. The van der Waals surface area contributed by atoms with Crippen molar-refractivity contribution < 1.29 is 9.13 Å². The Hall–Kier alpha value is -1.33. The Bertz CT molecular complexity index is 399. The summed E-state index contributed by atoms with van der Waals surface area (Å²) in [6, 6.07) is 6.43. The zero-order valence-corrected chi connectivity index (χ0v) is 9.92.